The van der Waals surface area contributed by atoms with Crippen molar-refractivity contribution in [1.29, 1.82) is 0 Å². The second-order valence-electron chi connectivity index (χ2n) is 6.30. The topological polar surface area (TPSA) is 118 Å². The van der Waals surface area contributed by atoms with Crippen LogP contribution >= 0.6 is 0 Å². The third-order valence-electron chi connectivity index (χ3n) is 3.40. The quantitative estimate of drug-likeness (QED) is 0.444. The number of nitrogens with zero attached hydrogens (tertiary/aromatic N) is 4. The molecule has 2 atom stereocenters. The third kappa shape index (κ3) is 5.24. The SMILES string of the molecule is CC(C)(C)[C@H](NC(=O)CCN=[N+]=[N-])C(=O)N1CC[C@@H](O)C1. The van der Waals surface area contributed by atoms with Crippen molar-refractivity contribution in [3.8, 4) is 0 Å². The first-order valence-electron chi connectivity index (χ1n) is 7.02. The Labute approximate surface area is 124 Å². The van der Waals surface area contributed by atoms with Gasteiger partial charge in [-0.3, -0.25) is 9.59 Å². The molecule has 0 aromatic carbocycles. The lowest BCUT2D eigenvalue weighted by atomic mass is 9.85. The maximum Gasteiger partial charge on any atom is 0.245 e. The highest BCUT2D eigenvalue weighted by atomic mass is 16.3. The predicted octanol–water partition coefficient (Wildman–Crippen LogP) is 0.811. The molecular weight excluding hydrogens is 274 g/mol. The van der Waals surface area contributed by atoms with Gasteiger partial charge in [0.25, 0.3) is 0 Å². The molecule has 2 amide bonds. The van der Waals surface area contributed by atoms with Crippen LogP contribution in [0.15, 0.2) is 5.11 Å². The lowest BCUT2D eigenvalue weighted by Gasteiger charge is -2.33. The van der Waals surface area contributed by atoms with Gasteiger partial charge in [-0.1, -0.05) is 25.9 Å². The van der Waals surface area contributed by atoms with Gasteiger partial charge < -0.3 is 15.3 Å². The normalized spacial score (nSPS) is 19.8. The van der Waals surface area contributed by atoms with Gasteiger partial charge in [-0.25, -0.2) is 0 Å². The number of β-amino-alcohol motifs (C(OH)–C–C–N with tert-alkyl or cyclic N) is 1. The zero-order chi connectivity index (χ0) is 16.0. The fourth-order valence-corrected chi connectivity index (χ4v) is 2.20. The Morgan fingerprint density at radius 2 is 2.19 bits per heavy atom. The number of nitrogens with one attached hydrogen (secondary N) is 1. The molecule has 1 aliphatic rings. The number of amides is 2. The number of likely N-dealkylation sites (tertiary alicyclic amines) is 1. The smallest absolute Gasteiger partial charge is 0.245 e. The number of carbonyl (C=O) groups is 2. The first-order chi connectivity index (χ1) is 9.75. The van der Waals surface area contributed by atoms with Gasteiger partial charge in [-0.2, -0.15) is 0 Å². The summed E-state index contributed by atoms with van der Waals surface area (Å²) in [6.07, 6.45) is 0.121. The van der Waals surface area contributed by atoms with Gasteiger partial charge in [0, 0.05) is 31.0 Å². The fourth-order valence-electron chi connectivity index (χ4n) is 2.20. The van der Waals surface area contributed by atoms with E-state index >= 15 is 0 Å². The first kappa shape index (κ1) is 17.3. The molecule has 0 aromatic heterocycles. The second kappa shape index (κ2) is 7.28. The lowest BCUT2D eigenvalue weighted by Crippen LogP contribution is -2.54. The van der Waals surface area contributed by atoms with E-state index in [1.165, 1.54) is 0 Å². The highest BCUT2D eigenvalue weighted by Crippen LogP contribution is 2.23. The van der Waals surface area contributed by atoms with E-state index in [-0.39, 0.29) is 24.8 Å². The number of aliphatic hydroxyl groups is 1. The van der Waals surface area contributed by atoms with Gasteiger partial charge in [0.05, 0.1) is 6.10 Å². The minimum atomic E-state index is -0.665. The first-order valence-corrected chi connectivity index (χ1v) is 7.02. The van der Waals surface area contributed by atoms with Crippen LogP contribution in [0, 0.1) is 5.41 Å². The third-order valence-corrected chi connectivity index (χ3v) is 3.40. The molecule has 0 aromatic rings. The van der Waals surface area contributed by atoms with Crippen molar-refractivity contribution >= 4 is 11.8 Å². The molecule has 1 aliphatic heterocycles. The molecule has 0 saturated carbocycles. The van der Waals surface area contributed by atoms with E-state index in [4.69, 9.17) is 5.53 Å². The van der Waals surface area contributed by atoms with Crippen molar-refractivity contribution in [2.45, 2.75) is 45.8 Å². The van der Waals surface area contributed by atoms with E-state index in [1.807, 2.05) is 20.8 Å². The molecule has 1 saturated heterocycles. The Morgan fingerprint density at radius 1 is 1.52 bits per heavy atom. The average Bonchev–Trinajstić information content (AvgIpc) is 2.81. The van der Waals surface area contributed by atoms with Gasteiger partial charge in [0.2, 0.25) is 11.8 Å². The molecule has 1 heterocycles. The van der Waals surface area contributed by atoms with Crippen molar-refractivity contribution < 1.29 is 14.7 Å². The molecule has 118 valence electrons. The molecule has 0 radical (unpaired) electrons. The summed E-state index contributed by atoms with van der Waals surface area (Å²) in [5, 5.41) is 15.5. The molecular formula is C13H23N5O3. The van der Waals surface area contributed by atoms with Crippen LogP contribution < -0.4 is 5.32 Å². The van der Waals surface area contributed by atoms with Crippen molar-refractivity contribution in [2.24, 2.45) is 10.5 Å². The Morgan fingerprint density at radius 3 is 2.67 bits per heavy atom. The van der Waals surface area contributed by atoms with Crippen LogP contribution in [0.3, 0.4) is 0 Å². The molecule has 0 aliphatic carbocycles. The zero-order valence-corrected chi connectivity index (χ0v) is 12.7. The number of hydrogen-bond acceptors (Lipinski definition) is 4. The summed E-state index contributed by atoms with van der Waals surface area (Å²) >= 11 is 0. The van der Waals surface area contributed by atoms with Gasteiger partial charge in [-0.05, 0) is 17.4 Å². The monoisotopic (exact) mass is 297 g/mol. The van der Waals surface area contributed by atoms with Crippen LogP contribution in [0.2, 0.25) is 0 Å². The summed E-state index contributed by atoms with van der Waals surface area (Å²) in [4.78, 5) is 28.5. The summed E-state index contributed by atoms with van der Waals surface area (Å²) < 4.78 is 0. The van der Waals surface area contributed by atoms with E-state index in [0.29, 0.717) is 19.5 Å². The highest BCUT2D eigenvalue weighted by molar-refractivity contribution is 5.88. The summed E-state index contributed by atoms with van der Waals surface area (Å²) in [6.45, 7) is 6.48. The fraction of sp³-hybridized carbons (Fsp3) is 0.846. The molecule has 21 heavy (non-hydrogen) atoms. The van der Waals surface area contributed by atoms with Gasteiger partial charge in [0.15, 0.2) is 0 Å². The minimum absolute atomic E-state index is 0.0482. The molecule has 8 nitrogen and oxygen atoms in total. The van der Waals surface area contributed by atoms with Crippen LogP contribution in [0.25, 0.3) is 10.4 Å². The maximum absolute atomic E-state index is 12.5. The van der Waals surface area contributed by atoms with Gasteiger partial charge in [0.1, 0.15) is 6.04 Å². The van der Waals surface area contributed by atoms with E-state index in [0.717, 1.165) is 0 Å². The second-order valence-corrected chi connectivity index (χ2v) is 6.30. The average molecular weight is 297 g/mol. The van der Waals surface area contributed by atoms with Crippen molar-refractivity contribution in [1.82, 2.24) is 10.2 Å². The predicted molar refractivity (Wildman–Crippen MR) is 77.2 cm³/mol. The summed E-state index contributed by atoms with van der Waals surface area (Å²) in [7, 11) is 0. The summed E-state index contributed by atoms with van der Waals surface area (Å²) in [6, 6.07) is -0.665. The summed E-state index contributed by atoms with van der Waals surface area (Å²) in [5.41, 5.74) is 7.74. The largest absolute Gasteiger partial charge is 0.391 e. The van der Waals surface area contributed by atoms with E-state index < -0.39 is 17.6 Å². The molecule has 0 bridgehead atoms. The standard InChI is InChI=1S/C13H23N5O3/c1-13(2,3)11(16-10(20)4-6-15-17-14)12(21)18-7-5-9(19)8-18/h9,11,19H,4-8H2,1-3H3,(H,16,20)/t9-,11-/m1/s1. The van der Waals surface area contributed by atoms with Gasteiger partial charge >= 0.3 is 0 Å². The number of azide groups is 1. The van der Waals surface area contributed by atoms with E-state index in [2.05, 4.69) is 15.3 Å². The van der Waals surface area contributed by atoms with Gasteiger partial charge in [-0.15, -0.1) is 0 Å². The maximum atomic E-state index is 12.5. The zero-order valence-electron chi connectivity index (χ0n) is 12.7. The van der Waals surface area contributed by atoms with Crippen LogP contribution in [-0.2, 0) is 9.59 Å². The number of carbonyl (C=O) groups excluding carboxylic acids is 2. The van der Waals surface area contributed by atoms with E-state index in [1.54, 1.807) is 4.90 Å². The van der Waals surface area contributed by atoms with Crippen molar-refractivity contribution in [3.63, 3.8) is 0 Å². The molecule has 8 heteroatoms. The molecule has 0 spiro atoms. The molecule has 1 rings (SSSR count). The molecule has 1 fully saturated rings. The Kier molecular flexibility index (Phi) is 5.99. The highest BCUT2D eigenvalue weighted by Gasteiger charge is 2.37. The molecule has 2 N–H and O–H groups in total. The van der Waals surface area contributed by atoms with Crippen LogP contribution in [0.1, 0.15) is 33.6 Å². The molecule has 0 unspecified atom stereocenters. The lowest BCUT2D eigenvalue weighted by molar-refractivity contribution is -0.138. The van der Waals surface area contributed by atoms with Crippen molar-refractivity contribution in [2.75, 3.05) is 19.6 Å². The number of rotatable bonds is 5. The minimum Gasteiger partial charge on any atom is -0.391 e. The summed E-state index contributed by atoms with van der Waals surface area (Å²) in [5.74, 6) is -0.508. The number of hydrogen-bond donors (Lipinski definition) is 2. The van der Waals surface area contributed by atoms with Crippen LogP contribution in [0.4, 0.5) is 0 Å². The Hall–Kier alpha value is -1.79. The Balaban J connectivity index is 2.70. The van der Waals surface area contributed by atoms with E-state index in [9.17, 15) is 14.7 Å². The van der Waals surface area contributed by atoms with Crippen LogP contribution in [0.5, 0.6) is 0 Å². The van der Waals surface area contributed by atoms with Crippen molar-refractivity contribution in [3.05, 3.63) is 10.4 Å². The van der Waals surface area contributed by atoms with Crippen LogP contribution in [-0.4, -0.2) is 53.6 Å². The number of aliphatic hydroxyl groups excluding tert-OH is 1. The Bertz CT molecular complexity index is 440.